The highest BCUT2D eigenvalue weighted by Gasteiger charge is 2.17. The van der Waals surface area contributed by atoms with Crippen LogP contribution in [0.1, 0.15) is 0 Å². The van der Waals surface area contributed by atoms with Crippen LogP contribution in [0, 0.1) is 0 Å². The number of hydrogen-bond acceptors (Lipinski definition) is 3. The Labute approximate surface area is 330 Å². The van der Waals surface area contributed by atoms with E-state index in [0.717, 1.165) is 77.7 Å². The minimum Gasteiger partial charge on any atom is -0.455 e. The van der Waals surface area contributed by atoms with Crippen molar-refractivity contribution in [2.24, 2.45) is 0 Å². The Morgan fingerprint density at radius 1 is 0.298 bits per heavy atom. The monoisotopic (exact) mass is 726 g/mol. The predicted molar refractivity (Wildman–Crippen MR) is 237 cm³/mol. The fourth-order valence-corrected chi connectivity index (χ4v) is 8.18. The molecule has 0 aliphatic rings. The van der Waals surface area contributed by atoms with E-state index in [0.29, 0.717) is 5.82 Å². The summed E-state index contributed by atoms with van der Waals surface area (Å²) in [5.41, 5.74) is 13.6. The number of aromatic nitrogens is 2. The van der Waals surface area contributed by atoms with Crippen molar-refractivity contribution < 1.29 is 4.42 Å². The molecule has 3 nitrogen and oxygen atoms in total. The Morgan fingerprint density at radius 3 is 1.61 bits per heavy atom. The SMILES string of the molecule is c1ccc(-c2cc(-c3cccc(-c4cccc(-c5ccc6oc7c8ccccc8c(-c8ccc9ccccc9c8)cc7c6c5)c4)c3)nc(-c3ccccc3)n2)cc1. The van der Waals surface area contributed by atoms with Gasteiger partial charge >= 0.3 is 0 Å². The van der Waals surface area contributed by atoms with Crippen LogP contribution in [-0.4, -0.2) is 9.97 Å². The second-order valence-electron chi connectivity index (χ2n) is 14.6. The molecule has 0 bridgehead atoms. The van der Waals surface area contributed by atoms with Crippen LogP contribution in [0.3, 0.4) is 0 Å². The summed E-state index contributed by atoms with van der Waals surface area (Å²) in [7, 11) is 0. The molecule has 57 heavy (non-hydrogen) atoms. The third-order valence-corrected chi connectivity index (χ3v) is 11.1. The molecule has 3 heteroatoms. The van der Waals surface area contributed by atoms with E-state index in [1.165, 1.54) is 27.3 Å². The topological polar surface area (TPSA) is 38.9 Å². The molecule has 9 aromatic carbocycles. The zero-order valence-corrected chi connectivity index (χ0v) is 30.9. The summed E-state index contributed by atoms with van der Waals surface area (Å²) < 4.78 is 6.63. The maximum Gasteiger partial charge on any atom is 0.160 e. The molecular weight excluding hydrogens is 693 g/mol. The zero-order chi connectivity index (χ0) is 37.7. The van der Waals surface area contributed by atoms with E-state index in [1.807, 2.05) is 36.4 Å². The van der Waals surface area contributed by atoms with Gasteiger partial charge in [-0.25, -0.2) is 9.97 Å². The second kappa shape index (κ2) is 13.6. The largest absolute Gasteiger partial charge is 0.455 e. The lowest BCUT2D eigenvalue weighted by molar-refractivity contribution is 0.673. The first-order valence-electron chi connectivity index (χ1n) is 19.3. The highest BCUT2D eigenvalue weighted by atomic mass is 16.3. The lowest BCUT2D eigenvalue weighted by Gasteiger charge is -2.11. The van der Waals surface area contributed by atoms with Gasteiger partial charge in [-0.1, -0.05) is 164 Å². The molecule has 0 saturated carbocycles. The molecular formula is C54H34N2O. The van der Waals surface area contributed by atoms with E-state index in [4.69, 9.17) is 14.4 Å². The van der Waals surface area contributed by atoms with Gasteiger partial charge in [0, 0.05) is 32.8 Å². The average Bonchev–Trinajstić information content (AvgIpc) is 3.67. The lowest BCUT2D eigenvalue weighted by atomic mass is 9.93. The first kappa shape index (κ1) is 32.8. The van der Waals surface area contributed by atoms with Crippen LogP contribution in [0.5, 0.6) is 0 Å². The van der Waals surface area contributed by atoms with E-state index in [2.05, 4.69) is 170 Å². The molecule has 0 amide bonds. The van der Waals surface area contributed by atoms with E-state index < -0.39 is 0 Å². The molecule has 0 radical (unpaired) electrons. The van der Waals surface area contributed by atoms with Crippen molar-refractivity contribution in [2.45, 2.75) is 0 Å². The summed E-state index contributed by atoms with van der Waals surface area (Å²) in [6.07, 6.45) is 0. The molecule has 0 fully saturated rings. The van der Waals surface area contributed by atoms with Crippen molar-refractivity contribution in [1.29, 1.82) is 0 Å². The van der Waals surface area contributed by atoms with Crippen LogP contribution in [0.4, 0.5) is 0 Å². The van der Waals surface area contributed by atoms with Crippen LogP contribution in [0.15, 0.2) is 211 Å². The number of furan rings is 1. The van der Waals surface area contributed by atoms with Gasteiger partial charge in [0.2, 0.25) is 0 Å². The van der Waals surface area contributed by atoms with Crippen LogP contribution >= 0.6 is 0 Å². The van der Waals surface area contributed by atoms with Gasteiger partial charge in [-0.05, 0) is 92.0 Å². The highest BCUT2D eigenvalue weighted by Crippen LogP contribution is 2.42. The number of hydrogen-bond donors (Lipinski definition) is 0. The fraction of sp³-hybridized carbons (Fsp3) is 0. The summed E-state index contributed by atoms with van der Waals surface area (Å²) in [6.45, 7) is 0. The Hall–Kier alpha value is -7.62. The van der Waals surface area contributed by atoms with Crippen LogP contribution < -0.4 is 0 Å². The van der Waals surface area contributed by atoms with Crippen molar-refractivity contribution in [3.63, 3.8) is 0 Å². The van der Waals surface area contributed by atoms with E-state index in [9.17, 15) is 0 Å². The standard InChI is InChI=1S/C54H34N2O/c1-3-14-36(15-4-1)50-34-51(56-54(55-50)37-16-5-2-6-17-37)44-22-12-21-41(31-44)39-19-11-20-40(29-39)42-27-28-52-48(32-42)49-33-47(45-23-9-10-24-46(45)53(49)57-52)43-26-25-35-13-7-8-18-38(35)30-43/h1-34H. The minimum absolute atomic E-state index is 0.707. The first-order valence-corrected chi connectivity index (χ1v) is 19.3. The molecule has 266 valence electrons. The summed E-state index contributed by atoms with van der Waals surface area (Å²) in [6, 6.07) is 72.8. The zero-order valence-electron chi connectivity index (χ0n) is 30.9. The number of nitrogens with zero attached hydrogens (tertiary/aromatic N) is 2. The predicted octanol–water partition coefficient (Wildman–Crippen LogP) is 14.7. The third kappa shape index (κ3) is 5.94. The Kier molecular flexibility index (Phi) is 7.82. The van der Waals surface area contributed by atoms with Gasteiger partial charge in [0.1, 0.15) is 11.2 Å². The fourth-order valence-electron chi connectivity index (χ4n) is 8.18. The smallest absolute Gasteiger partial charge is 0.160 e. The van der Waals surface area contributed by atoms with Crippen molar-refractivity contribution in [1.82, 2.24) is 9.97 Å². The molecule has 0 spiro atoms. The van der Waals surface area contributed by atoms with Gasteiger partial charge in [0.05, 0.1) is 11.4 Å². The molecule has 0 aliphatic carbocycles. The van der Waals surface area contributed by atoms with Gasteiger partial charge in [-0.3, -0.25) is 0 Å². The molecule has 2 aromatic heterocycles. The van der Waals surface area contributed by atoms with Crippen LogP contribution in [0.25, 0.3) is 111 Å². The maximum absolute atomic E-state index is 6.63. The lowest BCUT2D eigenvalue weighted by Crippen LogP contribution is -1.96. The van der Waals surface area contributed by atoms with Gasteiger partial charge in [-0.15, -0.1) is 0 Å². The van der Waals surface area contributed by atoms with Crippen molar-refractivity contribution in [2.75, 3.05) is 0 Å². The van der Waals surface area contributed by atoms with E-state index >= 15 is 0 Å². The highest BCUT2D eigenvalue weighted by molar-refractivity contribution is 6.19. The molecule has 0 saturated heterocycles. The molecule has 0 N–H and O–H groups in total. The molecule has 0 aliphatic heterocycles. The molecule has 11 aromatic rings. The van der Waals surface area contributed by atoms with Crippen LogP contribution in [0.2, 0.25) is 0 Å². The maximum atomic E-state index is 6.63. The quantitative estimate of drug-likeness (QED) is 0.171. The van der Waals surface area contributed by atoms with Gasteiger partial charge in [0.25, 0.3) is 0 Å². The van der Waals surface area contributed by atoms with E-state index in [1.54, 1.807) is 0 Å². The second-order valence-corrected chi connectivity index (χ2v) is 14.6. The Balaban J connectivity index is 0.998. The van der Waals surface area contributed by atoms with Crippen molar-refractivity contribution in [3.8, 4) is 67.3 Å². The summed E-state index contributed by atoms with van der Waals surface area (Å²) in [4.78, 5) is 10.1. The van der Waals surface area contributed by atoms with Crippen molar-refractivity contribution in [3.05, 3.63) is 206 Å². The van der Waals surface area contributed by atoms with Crippen molar-refractivity contribution >= 4 is 43.5 Å². The summed E-state index contributed by atoms with van der Waals surface area (Å²) in [5.74, 6) is 0.707. The number of rotatable bonds is 6. The molecule has 0 unspecified atom stereocenters. The average molecular weight is 727 g/mol. The Bertz CT molecular complexity index is 3230. The van der Waals surface area contributed by atoms with E-state index in [-0.39, 0.29) is 0 Å². The summed E-state index contributed by atoms with van der Waals surface area (Å²) >= 11 is 0. The molecule has 0 atom stereocenters. The van der Waals surface area contributed by atoms with Gasteiger partial charge < -0.3 is 4.42 Å². The van der Waals surface area contributed by atoms with Crippen LogP contribution in [-0.2, 0) is 0 Å². The van der Waals surface area contributed by atoms with Gasteiger partial charge in [-0.2, -0.15) is 0 Å². The molecule has 2 heterocycles. The number of fused-ring (bicyclic) bond motifs is 6. The third-order valence-electron chi connectivity index (χ3n) is 11.1. The Morgan fingerprint density at radius 2 is 0.860 bits per heavy atom. The molecule has 11 rings (SSSR count). The minimum atomic E-state index is 0.707. The number of benzene rings is 9. The normalized spacial score (nSPS) is 11.5. The first-order chi connectivity index (χ1) is 28.2. The summed E-state index contributed by atoms with van der Waals surface area (Å²) in [5, 5.41) is 7.00. The van der Waals surface area contributed by atoms with Gasteiger partial charge in [0.15, 0.2) is 5.82 Å².